The van der Waals surface area contributed by atoms with Crippen molar-refractivity contribution in [1.29, 1.82) is 0 Å². The molecule has 7 amide bonds. The number of benzene rings is 1. The molecule has 2 heterocycles. The molecule has 366 valence electrons. The lowest BCUT2D eigenvalue weighted by Gasteiger charge is -2.26. The van der Waals surface area contributed by atoms with Crippen LogP contribution >= 0.6 is 11.8 Å². The van der Waals surface area contributed by atoms with Crippen LogP contribution in [0, 0.1) is 0 Å². The molecule has 14 N–H and O–H groups in total. The first kappa shape index (κ1) is 54.4. The van der Waals surface area contributed by atoms with E-state index in [2.05, 4.69) is 36.7 Å². The number of aliphatic carboxylic acids is 1. The number of thioether (sulfide) groups is 1. The smallest absolute Gasteiger partial charge is 0.305 e. The van der Waals surface area contributed by atoms with Crippen molar-refractivity contribution in [1.82, 2.24) is 31.5 Å². The fourth-order valence-electron chi connectivity index (χ4n) is 6.54. The van der Waals surface area contributed by atoms with Gasteiger partial charge in [-0.1, -0.05) is 41.9 Å². The minimum Gasteiger partial charge on any atom is -0.481 e. The van der Waals surface area contributed by atoms with Gasteiger partial charge in [-0.05, 0) is 37.7 Å². The van der Waals surface area contributed by atoms with Crippen molar-refractivity contribution < 1.29 is 73.1 Å². The van der Waals surface area contributed by atoms with Crippen LogP contribution in [0.4, 0.5) is 4.39 Å². The number of amides is 7. The number of nitrogens with two attached hydrogens (primary N) is 2. The number of carbonyl (C=O) groups is 8. The second-order valence-corrected chi connectivity index (χ2v) is 16.6. The van der Waals surface area contributed by atoms with Crippen LogP contribution in [0.3, 0.4) is 0 Å². The second kappa shape index (κ2) is 28.2. The number of likely N-dealkylation sites (tertiary alicyclic amines) is 1. The molecule has 0 saturated carbocycles. The maximum atomic E-state index is 14.1. The van der Waals surface area contributed by atoms with Crippen LogP contribution < -0.4 is 38.1 Å². The summed E-state index contributed by atoms with van der Waals surface area (Å²) >= 11 is 0.912. The van der Waals surface area contributed by atoms with Crippen molar-refractivity contribution in [2.45, 2.75) is 112 Å². The van der Waals surface area contributed by atoms with E-state index >= 15 is 0 Å². The number of aliphatic hydroxyl groups excluding tert-OH is 4. The van der Waals surface area contributed by atoms with Crippen molar-refractivity contribution in [2.75, 3.05) is 38.6 Å². The summed E-state index contributed by atoms with van der Waals surface area (Å²) in [6, 6.07) is 2.53. The molecule has 2 fully saturated rings. The zero-order valence-electron chi connectivity index (χ0n) is 36.0. The van der Waals surface area contributed by atoms with E-state index in [-0.39, 0.29) is 57.1 Å². The lowest BCUT2D eigenvalue weighted by atomic mass is 10.0. The zero-order valence-corrected chi connectivity index (χ0v) is 36.8. The van der Waals surface area contributed by atoms with Crippen LogP contribution in [0.15, 0.2) is 40.5 Å². The summed E-state index contributed by atoms with van der Waals surface area (Å²) in [6.07, 6.45) is -6.45. The molecular weight excluding hydrogens is 896 g/mol. The van der Waals surface area contributed by atoms with Crippen LogP contribution in [-0.4, -0.2) is 182 Å². The molecule has 1 aromatic carbocycles. The van der Waals surface area contributed by atoms with Crippen molar-refractivity contribution in [3.8, 4) is 0 Å². The maximum absolute atomic E-state index is 14.1. The number of rotatable bonds is 24. The predicted molar refractivity (Wildman–Crippen MR) is 234 cm³/mol. The number of nitrogens with zero attached hydrogens (tertiary/aromatic N) is 3. The first-order valence-electron chi connectivity index (χ1n) is 21.1. The average molecular weight is 955 g/mol. The molecule has 0 radical (unpaired) electrons. The molecular formula is C40H59FN10O14S. The Morgan fingerprint density at radius 3 is 2.20 bits per heavy atom. The largest absolute Gasteiger partial charge is 0.481 e. The number of carbonyl (C=O) groups excluding carboxylic acids is 7. The van der Waals surface area contributed by atoms with Crippen molar-refractivity contribution in [3.63, 3.8) is 0 Å². The quantitative estimate of drug-likeness (QED) is 0.0153. The molecule has 0 aromatic heterocycles. The summed E-state index contributed by atoms with van der Waals surface area (Å²) in [5, 5.41) is 61.7. The number of guanidine groups is 1. The van der Waals surface area contributed by atoms with E-state index < -0.39 is 121 Å². The Kier molecular flexibility index (Phi) is 23.2. The normalized spacial score (nSPS) is 23.0. The van der Waals surface area contributed by atoms with Crippen molar-refractivity contribution in [3.05, 3.63) is 35.9 Å². The molecule has 2 aliphatic heterocycles. The highest BCUT2D eigenvalue weighted by Crippen LogP contribution is 2.26. The number of halogens is 1. The molecule has 24 nitrogen and oxygen atoms in total. The molecule has 2 saturated heterocycles. The number of aliphatic hydroxyl groups is 4. The number of carboxylic acids is 1. The summed E-state index contributed by atoms with van der Waals surface area (Å²) in [4.78, 5) is 116. The highest BCUT2D eigenvalue weighted by molar-refractivity contribution is 8.00. The van der Waals surface area contributed by atoms with Gasteiger partial charge < -0.3 is 68.4 Å². The van der Waals surface area contributed by atoms with Crippen molar-refractivity contribution in [2.24, 2.45) is 21.6 Å². The van der Waals surface area contributed by atoms with Gasteiger partial charge in [0.05, 0.1) is 31.0 Å². The number of oxime groups is 1. The number of carboxylic acid groups (broad SMARTS) is 1. The Balaban J connectivity index is 1.72. The topological polar surface area (TPSA) is 387 Å². The molecule has 2 aliphatic rings. The standard InChI is InChI=1S/C40H59FN10O14S/c41-23(33(58)34(59)28(53)20-52)18-46-65-14-7-2-1-6-13-51-31(55)17-29(39(51)64)66-21-27-38(63)48-24(11-8-12-44-40(42)43)35(60)45-19-30(54)47-26(16-32(56)57)37(62)49-25(36(61)50-27)15-22-9-4-3-5-10-22/h3-5,9-10,18,23-29,33-34,52-53,58-59H,1-2,6-8,11-17,19-21H2,(H,45,60)(H,47,54)(H,48,63)(H,49,62)(H,50,61)(H,56,57)(H4,42,43,44)/b46-18+/t23-,24-,25+,26-,27-,28+,29?,33+,34+/m0/s1. The van der Waals surface area contributed by atoms with E-state index in [0.29, 0.717) is 37.5 Å². The molecule has 9 atom stereocenters. The summed E-state index contributed by atoms with van der Waals surface area (Å²) in [5.41, 5.74) is 11.4. The maximum Gasteiger partial charge on any atom is 0.305 e. The average Bonchev–Trinajstić information content (AvgIpc) is 3.55. The first-order valence-corrected chi connectivity index (χ1v) is 22.2. The van der Waals surface area contributed by atoms with Crippen LogP contribution in [0.2, 0.25) is 0 Å². The SMILES string of the molecule is NC(N)=NCCC[C@@H]1NC(=O)[C@H](CSC2CC(=O)N(CCCCCCO/N=C/[C@H](F)[C@@H](O)[C@H](O)[C@H](O)CO)C2=O)NC(=O)[C@@H](Cc2ccccc2)NC(=O)[C@H](CC(=O)O)NC(=O)CNC1=O. The van der Waals surface area contributed by atoms with E-state index in [4.69, 9.17) is 21.4 Å². The number of nitrogens with one attached hydrogen (secondary N) is 5. The summed E-state index contributed by atoms with van der Waals surface area (Å²) in [6.45, 7) is -1.41. The molecule has 1 aromatic rings. The highest BCUT2D eigenvalue weighted by Gasteiger charge is 2.40. The second-order valence-electron chi connectivity index (χ2n) is 15.3. The van der Waals surface area contributed by atoms with Crippen LogP contribution in [-0.2, 0) is 49.6 Å². The van der Waals surface area contributed by atoms with Gasteiger partial charge in [0, 0.05) is 31.7 Å². The van der Waals surface area contributed by atoms with E-state index in [1.807, 2.05) is 0 Å². The number of aliphatic imine (C=N–C) groups is 1. The third kappa shape index (κ3) is 18.5. The van der Waals surface area contributed by atoms with Gasteiger partial charge in [0.2, 0.25) is 41.4 Å². The number of hydrogen-bond acceptors (Lipinski definition) is 16. The van der Waals surface area contributed by atoms with Gasteiger partial charge >= 0.3 is 5.97 Å². The van der Waals surface area contributed by atoms with Crippen LogP contribution in [0.5, 0.6) is 0 Å². The third-order valence-electron chi connectivity index (χ3n) is 10.1. The predicted octanol–water partition coefficient (Wildman–Crippen LogP) is -4.34. The van der Waals surface area contributed by atoms with Crippen molar-refractivity contribution >= 4 is 71.3 Å². The third-order valence-corrected chi connectivity index (χ3v) is 11.4. The first-order chi connectivity index (χ1) is 31.4. The molecule has 26 heteroatoms. The molecule has 1 unspecified atom stereocenters. The van der Waals surface area contributed by atoms with Gasteiger partial charge in [0.1, 0.15) is 49.1 Å². The summed E-state index contributed by atoms with van der Waals surface area (Å²) in [5.74, 6) is -7.54. The number of hydrogen-bond donors (Lipinski definition) is 12. The lowest BCUT2D eigenvalue weighted by molar-refractivity contribution is -0.141. The summed E-state index contributed by atoms with van der Waals surface area (Å²) < 4.78 is 14.0. The fraction of sp³-hybridized carbons (Fsp3) is 0.600. The monoisotopic (exact) mass is 954 g/mol. The molecule has 0 aliphatic carbocycles. The Morgan fingerprint density at radius 2 is 1.52 bits per heavy atom. The molecule has 0 spiro atoms. The minimum absolute atomic E-state index is 0.0524. The Bertz CT molecular complexity index is 1880. The Hall–Kier alpha value is -5.96. The van der Waals surface area contributed by atoms with Gasteiger partial charge in [0.15, 0.2) is 12.1 Å². The minimum atomic E-state index is -2.18. The van der Waals surface area contributed by atoms with E-state index in [1.54, 1.807) is 30.3 Å². The van der Waals surface area contributed by atoms with E-state index in [9.17, 15) is 63.2 Å². The fourth-order valence-corrected chi connectivity index (χ4v) is 7.73. The molecule has 66 heavy (non-hydrogen) atoms. The highest BCUT2D eigenvalue weighted by atomic mass is 32.2. The molecule has 3 rings (SSSR count). The zero-order chi connectivity index (χ0) is 48.8. The number of unbranched alkanes of at least 4 members (excludes halogenated alkanes) is 3. The van der Waals surface area contributed by atoms with Gasteiger partial charge in [-0.25, -0.2) is 4.39 Å². The van der Waals surface area contributed by atoms with E-state index in [1.165, 1.54) is 0 Å². The Morgan fingerprint density at radius 1 is 0.864 bits per heavy atom. The number of alkyl halides is 1. The summed E-state index contributed by atoms with van der Waals surface area (Å²) in [7, 11) is 0. The lowest BCUT2D eigenvalue weighted by Crippen LogP contribution is -2.59. The van der Waals surface area contributed by atoms with Gasteiger partial charge in [-0.15, -0.1) is 11.8 Å². The number of imide groups is 1. The van der Waals surface area contributed by atoms with Gasteiger partial charge in [-0.3, -0.25) is 48.2 Å². The van der Waals surface area contributed by atoms with Crippen LogP contribution in [0.25, 0.3) is 0 Å². The molecule has 0 bridgehead atoms. The van der Waals surface area contributed by atoms with Crippen LogP contribution in [0.1, 0.15) is 56.9 Å². The Labute approximate surface area is 382 Å². The van der Waals surface area contributed by atoms with E-state index in [0.717, 1.165) is 16.7 Å². The van der Waals surface area contributed by atoms with Gasteiger partial charge in [-0.2, -0.15) is 0 Å². The van der Waals surface area contributed by atoms with Gasteiger partial charge in [0.25, 0.3) is 0 Å².